The summed E-state index contributed by atoms with van der Waals surface area (Å²) in [4.78, 5) is 15.5. The number of rotatable bonds is 6. The maximum absolute atomic E-state index is 13.9. The van der Waals surface area contributed by atoms with Gasteiger partial charge in [-0.15, -0.1) is 24.0 Å². The van der Waals surface area contributed by atoms with E-state index in [9.17, 15) is 4.39 Å². The zero-order valence-electron chi connectivity index (χ0n) is 16.9. The highest BCUT2D eigenvalue weighted by Crippen LogP contribution is 2.20. The van der Waals surface area contributed by atoms with Crippen LogP contribution in [0.15, 0.2) is 23.3 Å². The minimum absolute atomic E-state index is 0. The van der Waals surface area contributed by atoms with Gasteiger partial charge in [0, 0.05) is 71.6 Å². The standard InChI is InChI=1S/C19H32FN7.HI/c1-3-25-11-13-26(14-12-25)10-8-23-19(21-2)24-16-6-9-27(15-16)18-17(20)5-4-7-22-18;/h4-5,7,16H,3,6,8-15H2,1-2H3,(H2,21,23,24);1H. The van der Waals surface area contributed by atoms with E-state index in [-0.39, 0.29) is 35.8 Å². The van der Waals surface area contributed by atoms with Crippen molar-refractivity contribution < 1.29 is 4.39 Å². The van der Waals surface area contributed by atoms with Crippen molar-refractivity contribution in [3.63, 3.8) is 0 Å². The van der Waals surface area contributed by atoms with Crippen molar-refractivity contribution in [2.24, 2.45) is 4.99 Å². The molecule has 2 N–H and O–H groups in total. The number of nitrogens with one attached hydrogen (secondary N) is 2. The molecule has 0 saturated carbocycles. The van der Waals surface area contributed by atoms with Crippen LogP contribution < -0.4 is 15.5 Å². The first-order valence-electron chi connectivity index (χ1n) is 9.97. The van der Waals surface area contributed by atoms with E-state index in [1.54, 1.807) is 19.3 Å². The molecule has 0 spiro atoms. The van der Waals surface area contributed by atoms with Gasteiger partial charge in [0.1, 0.15) is 0 Å². The van der Waals surface area contributed by atoms with E-state index >= 15 is 0 Å². The molecule has 2 saturated heterocycles. The normalized spacial score (nSPS) is 21.5. The molecule has 1 aromatic rings. The van der Waals surface area contributed by atoms with Gasteiger partial charge in [0.25, 0.3) is 0 Å². The maximum Gasteiger partial charge on any atom is 0.191 e. The summed E-state index contributed by atoms with van der Waals surface area (Å²) in [7, 11) is 1.79. The first-order valence-corrected chi connectivity index (χ1v) is 9.97. The predicted octanol–water partition coefficient (Wildman–Crippen LogP) is 1.22. The highest BCUT2D eigenvalue weighted by atomic mass is 127. The van der Waals surface area contributed by atoms with Gasteiger partial charge in [-0.2, -0.15) is 0 Å². The molecule has 0 bridgehead atoms. The highest BCUT2D eigenvalue weighted by Gasteiger charge is 2.26. The van der Waals surface area contributed by atoms with Gasteiger partial charge >= 0.3 is 0 Å². The number of nitrogens with zero attached hydrogens (tertiary/aromatic N) is 5. The molecule has 0 amide bonds. The molecule has 9 heteroatoms. The molecule has 7 nitrogen and oxygen atoms in total. The van der Waals surface area contributed by atoms with Crippen LogP contribution in [0, 0.1) is 5.82 Å². The minimum atomic E-state index is -0.260. The fourth-order valence-electron chi connectivity index (χ4n) is 3.73. The second-order valence-corrected chi connectivity index (χ2v) is 7.16. The van der Waals surface area contributed by atoms with Crippen LogP contribution in [0.2, 0.25) is 0 Å². The van der Waals surface area contributed by atoms with Gasteiger partial charge < -0.3 is 20.4 Å². The third-order valence-electron chi connectivity index (χ3n) is 5.42. The van der Waals surface area contributed by atoms with Crippen molar-refractivity contribution in [1.29, 1.82) is 0 Å². The number of pyridine rings is 1. The fraction of sp³-hybridized carbons (Fsp3) is 0.684. The lowest BCUT2D eigenvalue weighted by Crippen LogP contribution is -2.50. The maximum atomic E-state index is 13.9. The second-order valence-electron chi connectivity index (χ2n) is 7.16. The molecule has 0 aliphatic carbocycles. The van der Waals surface area contributed by atoms with E-state index in [2.05, 4.69) is 37.3 Å². The summed E-state index contributed by atoms with van der Waals surface area (Å²) in [5.41, 5.74) is 0. The highest BCUT2D eigenvalue weighted by molar-refractivity contribution is 14.0. The summed E-state index contributed by atoms with van der Waals surface area (Å²) in [6.45, 7) is 11.4. The van der Waals surface area contributed by atoms with Crippen LogP contribution in [0.25, 0.3) is 0 Å². The summed E-state index contributed by atoms with van der Waals surface area (Å²) < 4.78 is 13.9. The van der Waals surface area contributed by atoms with Crippen LogP contribution in [0.4, 0.5) is 10.2 Å². The Balaban J connectivity index is 0.00000280. The topological polar surface area (TPSA) is 59.0 Å². The van der Waals surface area contributed by atoms with Gasteiger partial charge in [0.05, 0.1) is 0 Å². The summed E-state index contributed by atoms with van der Waals surface area (Å²) in [5.74, 6) is 0.996. The average molecular weight is 505 g/mol. The van der Waals surface area contributed by atoms with Crippen molar-refractivity contribution in [2.45, 2.75) is 19.4 Å². The number of aliphatic imine (C=N–C) groups is 1. The van der Waals surface area contributed by atoms with E-state index in [0.717, 1.165) is 71.3 Å². The zero-order valence-corrected chi connectivity index (χ0v) is 19.2. The number of likely N-dealkylation sites (N-methyl/N-ethyl adjacent to an activating group) is 1. The van der Waals surface area contributed by atoms with Crippen LogP contribution in [-0.2, 0) is 0 Å². The van der Waals surface area contributed by atoms with Crippen LogP contribution >= 0.6 is 24.0 Å². The largest absolute Gasteiger partial charge is 0.355 e. The van der Waals surface area contributed by atoms with Gasteiger partial charge in [-0.25, -0.2) is 9.37 Å². The summed E-state index contributed by atoms with van der Waals surface area (Å²) in [6.07, 6.45) is 2.58. The van der Waals surface area contributed by atoms with E-state index in [0.29, 0.717) is 5.82 Å². The molecule has 2 fully saturated rings. The van der Waals surface area contributed by atoms with Crippen molar-refractivity contribution >= 4 is 35.8 Å². The van der Waals surface area contributed by atoms with Crippen LogP contribution in [0.5, 0.6) is 0 Å². The quantitative estimate of drug-likeness (QED) is 0.345. The Hall–Kier alpha value is -1.20. The van der Waals surface area contributed by atoms with Crippen LogP contribution in [0.1, 0.15) is 13.3 Å². The average Bonchev–Trinajstić information content (AvgIpc) is 3.16. The number of hydrogen-bond acceptors (Lipinski definition) is 5. The van der Waals surface area contributed by atoms with Crippen molar-refractivity contribution in [2.75, 3.05) is 70.9 Å². The molecule has 3 heterocycles. The third kappa shape index (κ3) is 6.41. The number of guanidine groups is 1. The summed E-state index contributed by atoms with van der Waals surface area (Å²) >= 11 is 0. The molecular weight excluding hydrogens is 472 g/mol. The lowest BCUT2D eigenvalue weighted by Gasteiger charge is -2.34. The number of anilines is 1. The molecular formula is C19H33FIN7. The number of aromatic nitrogens is 1. The Labute approximate surface area is 184 Å². The molecule has 158 valence electrons. The van der Waals surface area contributed by atoms with Crippen LogP contribution in [-0.4, -0.2) is 92.7 Å². The molecule has 2 aliphatic heterocycles. The Morgan fingerprint density at radius 1 is 1.25 bits per heavy atom. The van der Waals surface area contributed by atoms with Gasteiger partial charge in [0.2, 0.25) is 0 Å². The first-order chi connectivity index (χ1) is 13.2. The lowest BCUT2D eigenvalue weighted by atomic mass is 10.3. The Kier molecular flexibility index (Phi) is 9.66. The van der Waals surface area contributed by atoms with Gasteiger partial charge in [0.15, 0.2) is 17.6 Å². The number of piperazine rings is 1. The van der Waals surface area contributed by atoms with Gasteiger partial charge in [-0.3, -0.25) is 9.89 Å². The third-order valence-corrected chi connectivity index (χ3v) is 5.42. The van der Waals surface area contributed by atoms with E-state index < -0.39 is 0 Å². The Bertz CT molecular complexity index is 622. The second kappa shape index (κ2) is 11.7. The molecule has 1 unspecified atom stereocenters. The minimum Gasteiger partial charge on any atom is -0.355 e. The van der Waals surface area contributed by atoms with Crippen LogP contribution in [0.3, 0.4) is 0 Å². The molecule has 28 heavy (non-hydrogen) atoms. The van der Waals surface area contributed by atoms with E-state index in [1.165, 1.54) is 6.07 Å². The SMILES string of the molecule is CCN1CCN(CCNC(=NC)NC2CCN(c3ncccc3F)C2)CC1.I. The molecule has 1 aromatic heterocycles. The molecule has 2 aliphatic rings. The molecule has 1 atom stereocenters. The number of hydrogen-bond donors (Lipinski definition) is 2. The first kappa shape index (κ1) is 23.1. The molecule has 3 rings (SSSR count). The monoisotopic (exact) mass is 505 g/mol. The lowest BCUT2D eigenvalue weighted by molar-refractivity contribution is 0.139. The molecule has 0 aromatic carbocycles. The Morgan fingerprint density at radius 3 is 2.68 bits per heavy atom. The van der Waals surface area contributed by atoms with Crippen molar-refractivity contribution in [3.05, 3.63) is 24.1 Å². The smallest absolute Gasteiger partial charge is 0.191 e. The predicted molar refractivity (Wildman–Crippen MR) is 123 cm³/mol. The van der Waals surface area contributed by atoms with E-state index in [1.807, 2.05) is 4.90 Å². The Morgan fingerprint density at radius 2 is 2.00 bits per heavy atom. The zero-order chi connectivity index (χ0) is 19.1. The summed E-state index contributed by atoms with van der Waals surface area (Å²) in [6, 6.07) is 3.33. The van der Waals surface area contributed by atoms with Gasteiger partial charge in [-0.1, -0.05) is 6.92 Å². The number of halogens is 2. The summed E-state index contributed by atoms with van der Waals surface area (Å²) in [5, 5.41) is 6.87. The van der Waals surface area contributed by atoms with Crippen molar-refractivity contribution in [1.82, 2.24) is 25.4 Å². The molecule has 0 radical (unpaired) electrons. The van der Waals surface area contributed by atoms with E-state index in [4.69, 9.17) is 0 Å². The van der Waals surface area contributed by atoms with Crippen molar-refractivity contribution in [3.8, 4) is 0 Å². The van der Waals surface area contributed by atoms with Gasteiger partial charge in [-0.05, 0) is 25.1 Å². The fourth-order valence-corrected chi connectivity index (χ4v) is 3.73.